The van der Waals surface area contributed by atoms with E-state index in [0.717, 1.165) is 5.56 Å². The molecule has 7 rings (SSSR count). The molecule has 3 aliphatic heterocycles. The number of ether oxygens (including phenoxy) is 1. The van der Waals surface area contributed by atoms with Crippen LogP contribution in [-0.2, 0) is 29.5 Å². The molecule has 3 aromatic carbocycles. The third-order valence-electron chi connectivity index (χ3n) is 11.6. The molecular weight excluding hydrogens is 747 g/mol. The van der Waals surface area contributed by atoms with Crippen molar-refractivity contribution < 1.29 is 44.0 Å². The minimum atomic E-state index is -2.80. The second-order valence-electron chi connectivity index (χ2n) is 15.1. The molecule has 4 aromatic rings. The predicted octanol–water partition coefficient (Wildman–Crippen LogP) is 3.26. The second-order valence-corrected chi connectivity index (χ2v) is 15.1. The van der Waals surface area contributed by atoms with Crippen LogP contribution in [0.2, 0.25) is 0 Å². The molecule has 3 saturated heterocycles. The van der Waals surface area contributed by atoms with Gasteiger partial charge in [0.25, 0.3) is 17.2 Å². The summed E-state index contributed by atoms with van der Waals surface area (Å²) >= 11 is 0. The van der Waals surface area contributed by atoms with Crippen LogP contribution >= 0.6 is 0 Å². The molecule has 58 heavy (non-hydrogen) atoms. The van der Waals surface area contributed by atoms with Gasteiger partial charge in [0.2, 0.25) is 5.91 Å². The van der Waals surface area contributed by atoms with Gasteiger partial charge in [-0.3, -0.25) is 29.3 Å². The van der Waals surface area contributed by atoms with E-state index in [9.17, 15) is 39.3 Å². The number of nitrogens with zero attached hydrogens (tertiary/aromatic N) is 4. The maximum Gasteiger partial charge on any atom is 0.332 e. The lowest BCUT2D eigenvalue weighted by Gasteiger charge is -2.45. The standard InChI is InChI=1S/C42H45N7O9/c43-36-32(24-31(46-47-36)30-8-4-5-9-33(30)50)49-22-18-41(19-23-49,28-6-2-1-3-7-28)45-38(53)42(39(54)55,40(56)57)25-48-20-16-27(17-21-48)26-10-12-29(13-11-26)58-34-14-15-35(51)44-37(34)52/h1-13,24,27,34,50H,14-23,25H2,(H2,43,47)(H,45,53)(H,54,55)(H,56,57)(H,44,51,52). The van der Waals surface area contributed by atoms with E-state index in [0.29, 0.717) is 73.7 Å². The Hall–Kier alpha value is -6.55. The number of benzene rings is 3. The van der Waals surface area contributed by atoms with Gasteiger partial charge in [-0.2, -0.15) is 0 Å². The highest BCUT2D eigenvalue weighted by Crippen LogP contribution is 2.39. The van der Waals surface area contributed by atoms with Crippen LogP contribution < -0.4 is 26.0 Å². The molecule has 1 aromatic heterocycles. The Labute approximate surface area is 334 Å². The zero-order valence-electron chi connectivity index (χ0n) is 31.7. The molecule has 0 spiro atoms. The Morgan fingerprint density at radius 3 is 2.17 bits per heavy atom. The lowest BCUT2D eigenvalue weighted by Crippen LogP contribution is -2.63. The van der Waals surface area contributed by atoms with Crippen molar-refractivity contribution in [3.8, 4) is 22.8 Å². The molecular formula is C42H45N7O9. The third-order valence-corrected chi connectivity index (χ3v) is 11.6. The van der Waals surface area contributed by atoms with Crippen LogP contribution in [0.5, 0.6) is 11.5 Å². The first-order valence-electron chi connectivity index (χ1n) is 19.2. The molecule has 16 heteroatoms. The van der Waals surface area contributed by atoms with E-state index in [4.69, 9.17) is 10.5 Å². The average Bonchev–Trinajstić information content (AvgIpc) is 3.22. The Morgan fingerprint density at radius 2 is 1.53 bits per heavy atom. The fourth-order valence-electron chi connectivity index (χ4n) is 8.18. The van der Waals surface area contributed by atoms with Crippen LogP contribution in [0, 0.1) is 5.41 Å². The molecule has 1 unspecified atom stereocenters. The summed E-state index contributed by atoms with van der Waals surface area (Å²) in [5, 5.41) is 45.1. The zero-order valence-corrected chi connectivity index (χ0v) is 31.7. The van der Waals surface area contributed by atoms with Crippen molar-refractivity contribution in [1.82, 2.24) is 25.7 Å². The Bertz CT molecular complexity index is 2170. The number of aliphatic carboxylic acids is 2. The van der Waals surface area contributed by atoms with Crippen molar-refractivity contribution in [2.24, 2.45) is 5.41 Å². The number of para-hydroxylation sites is 1. The highest BCUT2D eigenvalue weighted by atomic mass is 16.5. The van der Waals surface area contributed by atoms with Crippen molar-refractivity contribution in [2.45, 2.75) is 56.1 Å². The summed E-state index contributed by atoms with van der Waals surface area (Å²) in [4.78, 5) is 67.7. The summed E-state index contributed by atoms with van der Waals surface area (Å²) in [5.41, 5.74) is 5.57. The summed E-state index contributed by atoms with van der Waals surface area (Å²) in [6, 6.07) is 24.9. The topological polar surface area (TPSA) is 238 Å². The number of carbonyl (C=O) groups excluding carboxylic acids is 3. The lowest BCUT2D eigenvalue weighted by molar-refractivity contribution is -0.171. The number of nitrogen functional groups attached to an aromatic ring is 1. The number of nitrogens with one attached hydrogen (secondary N) is 2. The van der Waals surface area contributed by atoms with Crippen LogP contribution in [0.25, 0.3) is 11.3 Å². The molecule has 7 N–H and O–H groups in total. The SMILES string of the molecule is Nc1nnc(-c2ccccc2O)cc1N1CCC(NC(=O)C(CN2CCC(c3ccc(OC4CCC(=O)NC4=O)cc3)CC2)(C(=O)O)C(=O)O)(c2ccccc2)CC1. The maximum atomic E-state index is 14.4. The average molecular weight is 792 g/mol. The fourth-order valence-corrected chi connectivity index (χ4v) is 8.18. The number of rotatable bonds is 12. The Morgan fingerprint density at radius 1 is 0.879 bits per heavy atom. The van der Waals surface area contributed by atoms with Crippen molar-refractivity contribution in [3.63, 3.8) is 0 Å². The number of carbonyl (C=O) groups is 5. The van der Waals surface area contributed by atoms with E-state index in [-0.39, 0.29) is 42.7 Å². The Balaban J connectivity index is 1.04. The number of piperidine rings is 3. The van der Waals surface area contributed by atoms with Gasteiger partial charge in [0.1, 0.15) is 11.5 Å². The van der Waals surface area contributed by atoms with Gasteiger partial charge in [-0.05, 0) is 86.1 Å². The van der Waals surface area contributed by atoms with E-state index in [1.54, 1.807) is 47.4 Å². The highest BCUT2D eigenvalue weighted by Gasteiger charge is 2.57. The number of hydrogen-bond acceptors (Lipinski definition) is 12. The van der Waals surface area contributed by atoms with Gasteiger partial charge in [-0.25, -0.2) is 0 Å². The number of aromatic nitrogens is 2. The number of carboxylic acids is 2. The van der Waals surface area contributed by atoms with Gasteiger partial charge >= 0.3 is 11.9 Å². The molecule has 16 nitrogen and oxygen atoms in total. The van der Waals surface area contributed by atoms with E-state index in [1.165, 1.54) is 0 Å². The monoisotopic (exact) mass is 791 g/mol. The normalized spacial score (nSPS) is 18.9. The molecule has 0 radical (unpaired) electrons. The number of amides is 3. The number of anilines is 2. The van der Waals surface area contributed by atoms with E-state index in [2.05, 4.69) is 20.8 Å². The van der Waals surface area contributed by atoms with Crippen LogP contribution in [0.3, 0.4) is 0 Å². The van der Waals surface area contributed by atoms with Crippen molar-refractivity contribution >= 4 is 41.2 Å². The van der Waals surface area contributed by atoms with Crippen molar-refractivity contribution in [1.29, 1.82) is 0 Å². The van der Waals surface area contributed by atoms with Gasteiger partial charge in [0.15, 0.2) is 11.9 Å². The number of imide groups is 1. The first-order valence-corrected chi connectivity index (χ1v) is 19.2. The molecule has 1 atom stereocenters. The van der Waals surface area contributed by atoms with Crippen LogP contribution in [0.15, 0.2) is 84.9 Å². The minimum absolute atomic E-state index is 0.0346. The molecule has 4 heterocycles. The van der Waals surface area contributed by atoms with Crippen molar-refractivity contribution in [2.75, 3.05) is 43.4 Å². The summed E-state index contributed by atoms with van der Waals surface area (Å²) in [5.74, 6) is -4.61. The van der Waals surface area contributed by atoms with Gasteiger partial charge < -0.3 is 40.9 Å². The number of nitrogens with two attached hydrogens (primary N) is 1. The van der Waals surface area contributed by atoms with Gasteiger partial charge in [0.05, 0.1) is 16.9 Å². The maximum absolute atomic E-state index is 14.4. The quantitative estimate of drug-likeness (QED) is 0.0893. The van der Waals surface area contributed by atoms with Gasteiger partial charge in [-0.1, -0.05) is 54.6 Å². The minimum Gasteiger partial charge on any atom is -0.507 e. The summed E-state index contributed by atoms with van der Waals surface area (Å²) < 4.78 is 5.80. The van der Waals surface area contributed by atoms with E-state index >= 15 is 0 Å². The number of phenolic OH excluding ortho intramolecular Hbond substituents is 1. The second kappa shape index (κ2) is 16.5. The van der Waals surface area contributed by atoms with E-state index < -0.39 is 47.4 Å². The summed E-state index contributed by atoms with van der Waals surface area (Å²) in [6.07, 6.45) is 1.50. The lowest BCUT2D eigenvalue weighted by atomic mass is 9.78. The number of likely N-dealkylation sites (tertiary alicyclic amines) is 1. The summed E-state index contributed by atoms with van der Waals surface area (Å²) in [6.45, 7) is 0.877. The molecule has 302 valence electrons. The van der Waals surface area contributed by atoms with Crippen molar-refractivity contribution in [3.05, 3.63) is 96.1 Å². The van der Waals surface area contributed by atoms with Crippen LogP contribution in [-0.4, -0.2) is 98.9 Å². The molecule has 3 aliphatic rings. The first-order chi connectivity index (χ1) is 27.9. The largest absolute Gasteiger partial charge is 0.507 e. The van der Waals surface area contributed by atoms with E-state index in [1.807, 2.05) is 47.4 Å². The predicted molar refractivity (Wildman–Crippen MR) is 211 cm³/mol. The van der Waals surface area contributed by atoms with Crippen LogP contribution in [0.4, 0.5) is 11.5 Å². The zero-order chi connectivity index (χ0) is 41.0. The molecule has 0 saturated carbocycles. The number of aromatic hydroxyl groups is 1. The first kappa shape index (κ1) is 39.7. The molecule has 3 amide bonds. The highest BCUT2D eigenvalue weighted by molar-refractivity contribution is 6.19. The smallest absolute Gasteiger partial charge is 0.332 e. The van der Waals surface area contributed by atoms with Gasteiger partial charge in [0, 0.05) is 38.0 Å². The molecule has 0 bridgehead atoms. The number of carboxylic acid groups (broad SMARTS) is 2. The molecule has 0 aliphatic carbocycles. The number of phenols is 1. The summed E-state index contributed by atoms with van der Waals surface area (Å²) in [7, 11) is 0. The third kappa shape index (κ3) is 8.00. The Kier molecular flexibility index (Phi) is 11.3. The van der Waals surface area contributed by atoms with Gasteiger partial charge in [-0.15, -0.1) is 10.2 Å². The number of hydrogen-bond donors (Lipinski definition) is 6. The fraction of sp³-hybridized carbons (Fsp3) is 0.357. The van der Waals surface area contributed by atoms with Crippen LogP contribution in [0.1, 0.15) is 55.6 Å². The molecule has 3 fully saturated rings.